The molecule has 4 aromatic rings. The molecule has 35 heavy (non-hydrogen) atoms. The molecule has 0 spiro atoms. The number of hydrogen-bond donors (Lipinski definition) is 2. The first-order valence-corrected chi connectivity index (χ1v) is 10.4. The van der Waals surface area contributed by atoms with E-state index in [9.17, 15) is 15.2 Å². The molecule has 10 nitrogen and oxygen atoms in total. The van der Waals surface area contributed by atoms with Gasteiger partial charge >= 0.3 is 0 Å². The van der Waals surface area contributed by atoms with Gasteiger partial charge in [0.1, 0.15) is 18.1 Å². The van der Waals surface area contributed by atoms with Crippen molar-refractivity contribution in [2.75, 3.05) is 20.0 Å². The number of benzene rings is 3. The predicted octanol–water partition coefficient (Wildman–Crippen LogP) is 4.60. The first kappa shape index (κ1) is 23.3. The molecular weight excluding hydrogens is 452 g/mol. The Bertz CT molecular complexity index is 1380. The van der Waals surface area contributed by atoms with E-state index in [-0.39, 0.29) is 24.0 Å². The summed E-state index contributed by atoms with van der Waals surface area (Å²) in [6.45, 7) is 0.175. The van der Waals surface area contributed by atoms with Gasteiger partial charge in [0.2, 0.25) is 5.95 Å². The van der Waals surface area contributed by atoms with Crippen LogP contribution in [0.4, 0.5) is 11.6 Å². The number of hydrogen-bond acceptors (Lipinski definition) is 9. The Morgan fingerprint density at radius 2 is 1.71 bits per heavy atom. The maximum atomic E-state index is 10.8. The van der Waals surface area contributed by atoms with Gasteiger partial charge in [-0.3, -0.25) is 10.1 Å². The SMILES string of the molecule is COc1ccc(-c2cnc(N)nc2-c2ccc(OCc3ccc([N+](=O)[O-])cc3)cc2O)cc1OC. The molecule has 1 aromatic heterocycles. The number of nitrogens with two attached hydrogens (primary N) is 1. The minimum Gasteiger partial charge on any atom is -0.507 e. The Morgan fingerprint density at radius 3 is 2.37 bits per heavy atom. The third-order valence-corrected chi connectivity index (χ3v) is 5.28. The van der Waals surface area contributed by atoms with Crippen molar-refractivity contribution < 1.29 is 24.2 Å². The van der Waals surface area contributed by atoms with E-state index in [1.807, 2.05) is 6.07 Å². The summed E-state index contributed by atoms with van der Waals surface area (Å²) in [5, 5.41) is 21.6. The summed E-state index contributed by atoms with van der Waals surface area (Å²) in [6.07, 6.45) is 1.58. The summed E-state index contributed by atoms with van der Waals surface area (Å²) in [5.74, 6) is 1.52. The number of phenols is 1. The summed E-state index contributed by atoms with van der Waals surface area (Å²) >= 11 is 0. The smallest absolute Gasteiger partial charge is 0.269 e. The van der Waals surface area contributed by atoms with Crippen LogP contribution in [0.5, 0.6) is 23.0 Å². The monoisotopic (exact) mass is 474 g/mol. The fourth-order valence-electron chi connectivity index (χ4n) is 3.50. The molecule has 178 valence electrons. The topological polar surface area (TPSA) is 143 Å². The van der Waals surface area contributed by atoms with E-state index in [2.05, 4.69) is 9.97 Å². The molecule has 0 bridgehead atoms. The third-order valence-electron chi connectivity index (χ3n) is 5.28. The number of non-ortho nitro benzene ring substituents is 1. The summed E-state index contributed by atoms with van der Waals surface area (Å²) < 4.78 is 16.4. The van der Waals surface area contributed by atoms with Crippen molar-refractivity contribution in [3.05, 3.63) is 82.5 Å². The van der Waals surface area contributed by atoms with Crippen molar-refractivity contribution in [3.63, 3.8) is 0 Å². The highest BCUT2D eigenvalue weighted by atomic mass is 16.6. The highest BCUT2D eigenvalue weighted by Gasteiger charge is 2.17. The second-order valence-corrected chi connectivity index (χ2v) is 7.45. The number of aromatic hydroxyl groups is 1. The molecule has 0 radical (unpaired) electrons. The van der Waals surface area contributed by atoms with E-state index in [1.54, 1.807) is 56.8 Å². The molecule has 0 saturated heterocycles. The molecule has 0 aliphatic rings. The Hall–Kier alpha value is -4.86. The lowest BCUT2D eigenvalue weighted by Crippen LogP contribution is -2.00. The quantitative estimate of drug-likeness (QED) is 0.276. The van der Waals surface area contributed by atoms with E-state index in [0.29, 0.717) is 34.1 Å². The number of aromatic nitrogens is 2. The molecule has 0 saturated carbocycles. The van der Waals surface area contributed by atoms with Crippen molar-refractivity contribution in [2.45, 2.75) is 6.61 Å². The van der Waals surface area contributed by atoms with Crippen LogP contribution in [0, 0.1) is 10.1 Å². The summed E-state index contributed by atoms with van der Waals surface area (Å²) in [7, 11) is 3.10. The molecule has 0 fully saturated rings. The predicted molar refractivity (Wildman–Crippen MR) is 130 cm³/mol. The zero-order chi connectivity index (χ0) is 24.9. The Balaban J connectivity index is 1.62. The number of ether oxygens (including phenoxy) is 3. The molecule has 0 atom stereocenters. The van der Waals surface area contributed by atoms with Gasteiger partial charge in [-0.2, -0.15) is 0 Å². The second-order valence-electron chi connectivity index (χ2n) is 7.45. The highest BCUT2D eigenvalue weighted by molar-refractivity contribution is 5.84. The lowest BCUT2D eigenvalue weighted by molar-refractivity contribution is -0.384. The van der Waals surface area contributed by atoms with Crippen LogP contribution in [0.25, 0.3) is 22.4 Å². The number of phenolic OH excluding ortho intramolecular Hbond substituents is 1. The van der Waals surface area contributed by atoms with Gasteiger partial charge in [-0.15, -0.1) is 0 Å². The van der Waals surface area contributed by atoms with Crippen LogP contribution >= 0.6 is 0 Å². The minimum absolute atomic E-state index is 0.00477. The molecule has 0 aliphatic heterocycles. The van der Waals surface area contributed by atoms with Crippen LogP contribution in [0.2, 0.25) is 0 Å². The van der Waals surface area contributed by atoms with E-state index in [4.69, 9.17) is 19.9 Å². The fraction of sp³-hybridized carbons (Fsp3) is 0.120. The van der Waals surface area contributed by atoms with E-state index >= 15 is 0 Å². The number of nitro benzene ring substituents is 1. The van der Waals surface area contributed by atoms with Crippen molar-refractivity contribution in [2.24, 2.45) is 0 Å². The molecule has 4 rings (SSSR count). The number of nitrogen functional groups attached to an aromatic ring is 1. The number of anilines is 1. The zero-order valence-electron chi connectivity index (χ0n) is 19.0. The van der Waals surface area contributed by atoms with Crippen LogP contribution < -0.4 is 19.9 Å². The molecular formula is C25H22N4O6. The summed E-state index contributed by atoms with van der Waals surface area (Å²) in [5.41, 5.74) is 8.86. The van der Waals surface area contributed by atoms with Gasteiger partial charge < -0.3 is 25.1 Å². The summed E-state index contributed by atoms with van der Waals surface area (Å²) in [6, 6.07) is 16.3. The van der Waals surface area contributed by atoms with Gasteiger partial charge in [-0.25, -0.2) is 9.97 Å². The number of methoxy groups -OCH3 is 2. The van der Waals surface area contributed by atoms with Gasteiger partial charge in [-0.05, 0) is 47.5 Å². The number of nitro groups is 1. The van der Waals surface area contributed by atoms with Crippen molar-refractivity contribution in [1.29, 1.82) is 0 Å². The van der Waals surface area contributed by atoms with Crippen molar-refractivity contribution in [3.8, 4) is 45.4 Å². The highest BCUT2D eigenvalue weighted by Crippen LogP contribution is 2.39. The first-order valence-electron chi connectivity index (χ1n) is 10.4. The van der Waals surface area contributed by atoms with Gasteiger partial charge in [-0.1, -0.05) is 6.07 Å². The molecule has 10 heteroatoms. The molecule has 3 N–H and O–H groups in total. The molecule has 0 unspecified atom stereocenters. The minimum atomic E-state index is -0.461. The number of rotatable bonds is 8. The maximum Gasteiger partial charge on any atom is 0.269 e. The third kappa shape index (κ3) is 5.06. The van der Waals surface area contributed by atoms with Crippen LogP contribution in [0.15, 0.2) is 66.9 Å². The molecule has 0 amide bonds. The summed E-state index contributed by atoms with van der Waals surface area (Å²) in [4.78, 5) is 18.8. The Kier molecular flexibility index (Phi) is 6.63. The molecule has 1 heterocycles. The fourth-order valence-corrected chi connectivity index (χ4v) is 3.50. The van der Waals surface area contributed by atoms with Crippen molar-refractivity contribution in [1.82, 2.24) is 9.97 Å². The van der Waals surface area contributed by atoms with Gasteiger partial charge in [0, 0.05) is 35.5 Å². The lowest BCUT2D eigenvalue weighted by atomic mass is 9.99. The van der Waals surface area contributed by atoms with Gasteiger partial charge in [0.05, 0.1) is 24.8 Å². The Morgan fingerprint density at radius 1 is 0.971 bits per heavy atom. The van der Waals surface area contributed by atoms with Crippen LogP contribution in [0.3, 0.4) is 0 Å². The number of nitrogens with zero attached hydrogens (tertiary/aromatic N) is 3. The standard InChI is InChI=1S/C25H22N4O6/c1-33-22-10-5-16(11-23(22)34-2)20-13-27-25(26)28-24(20)19-9-8-18(12-21(19)30)35-14-15-3-6-17(7-4-15)29(31)32/h3-13,30H,14H2,1-2H3,(H2,26,27,28). The first-order chi connectivity index (χ1) is 16.9. The van der Waals surface area contributed by atoms with E-state index in [1.165, 1.54) is 18.2 Å². The lowest BCUT2D eigenvalue weighted by Gasteiger charge is -2.14. The van der Waals surface area contributed by atoms with Crippen molar-refractivity contribution >= 4 is 11.6 Å². The largest absolute Gasteiger partial charge is 0.507 e. The van der Waals surface area contributed by atoms with Gasteiger partial charge in [0.25, 0.3) is 5.69 Å². The van der Waals surface area contributed by atoms with Crippen LogP contribution in [-0.2, 0) is 6.61 Å². The van der Waals surface area contributed by atoms with Crippen LogP contribution in [-0.4, -0.2) is 34.2 Å². The zero-order valence-corrected chi connectivity index (χ0v) is 19.0. The van der Waals surface area contributed by atoms with E-state index < -0.39 is 4.92 Å². The molecule has 0 aliphatic carbocycles. The van der Waals surface area contributed by atoms with Gasteiger partial charge in [0.15, 0.2) is 11.5 Å². The maximum absolute atomic E-state index is 10.8. The molecule has 3 aromatic carbocycles. The second kappa shape index (κ2) is 9.96. The Labute approximate surface area is 200 Å². The van der Waals surface area contributed by atoms with E-state index in [0.717, 1.165) is 11.1 Å². The normalized spacial score (nSPS) is 10.6. The average molecular weight is 474 g/mol. The van der Waals surface area contributed by atoms with Crippen LogP contribution in [0.1, 0.15) is 5.56 Å². The average Bonchev–Trinajstić information content (AvgIpc) is 2.87.